The van der Waals surface area contributed by atoms with Crippen molar-refractivity contribution in [3.05, 3.63) is 48.0 Å². The Morgan fingerprint density at radius 1 is 1.15 bits per heavy atom. The molecule has 0 spiro atoms. The summed E-state index contributed by atoms with van der Waals surface area (Å²) < 4.78 is 5.38. The van der Waals surface area contributed by atoms with E-state index >= 15 is 0 Å². The van der Waals surface area contributed by atoms with Gasteiger partial charge in [-0.05, 0) is 11.6 Å². The van der Waals surface area contributed by atoms with Gasteiger partial charge in [-0.15, -0.1) is 0 Å². The first-order chi connectivity index (χ1) is 12.6. The highest BCUT2D eigenvalue weighted by Gasteiger charge is 2.21. The van der Waals surface area contributed by atoms with Crippen molar-refractivity contribution in [2.45, 2.75) is 6.54 Å². The molecule has 0 bridgehead atoms. The molecule has 1 heterocycles. The van der Waals surface area contributed by atoms with Gasteiger partial charge >= 0.3 is 0 Å². The predicted octanol–water partition coefficient (Wildman–Crippen LogP) is 1.77. The molecule has 0 aromatic heterocycles. The van der Waals surface area contributed by atoms with Gasteiger partial charge in [-0.25, -0.2) is 10.0 Å². The first-order valence-corrected chi connectivity index (χ1v) is 8.04. The van der Waals surface area contributed by atoms with Crippen LogP contribution in [0.25, 0.3) is 0 Å². The Labute approximate surface area is 150 Å². The van der Waals surface area contributed by atoms with E-state index < -0.39 is 0 Å². The van der Waals surface area contributed by atoms with Gasteiger partial charge in [-0.2, -0.15) is 5.10 Å². The minimum Gasteiger partial charge on any atom is -0.489 e. The average Bonchev–Trinajstić information content (AvgIpc) is 2.97. The third-order valence-corrected chi connectivity index (χ3v) is 3.74. The molecule has 0 amide bonds. The Bertz CT molecular complexity index is 863. The summed E-state index contributed by atoms with van der Waals surface area (Å²) in [6, 6.07) is 12.9. The average molecular weight is 352 g/mol. The number of nitrogens with two attached hydrogens (primary N) is 2. The predicted molar refractivity (Wildman–Crippen MR) is 103 cm³/mol. The second-order valence-corrected chi connectivity index (χ2v) is 5.65. The van der Waals surface area contributed by atoms with E-state index in [-0.39, 0.29) is 19.0 Å². The molecule has 0 atom stereocenters. The van der Waals surface area contributed by atoms with Crippen molar-refractivity contribution in [3.8, 4) is 5.75 Å². The Morgan fingerprint density at radius 3 is 2.65 bits per heavy atom. The summed E-state index contributed by atoms with van der Waals surface area (Å²) in [4.78, 5) is 4.42. The number of aliphatic hydroxyl groups excluding tert-OH is 1. The summed E-state index contributed by atoms with van der Waals surface area (Å²) in [5.74, 6) is 0.568. The van der Waals surface area contributed by atoms with E-state index in [1.807, 2.05) is 30.3 Å². The molecule has 0 radical (unpaired) electrons. The fourth-order valence-electron chi connectivity index (χ4n) is 2.44. The normalized spacial score (nSPS) is 15.0. The number of hydrogen-bond donors (Lipinski definition) is 4. The summed E-state index contributed by atoms with van der Waals surface area (Å²) in [6.45, 7) is 0.475. The Morgan fingerprint density at radius 2 is 1.92 bits per heavy atom. The number of aliphatic hydroxyl groups is 1. The van der Waals surface area contributed by atoms with Gasteiger partial charge in [-0.1, -0.05) is 30.3 Å². The number of amidine groups is 1. The lowest BCUT2D eigenvalue weighted by Gasteiger charge is -2.14. The zero-order chi connectivity index (χ0) is 18.5. The van der Waals surface area contributed by atoms with Crippen molar-refractivity contribution in [1.82, 2.24) is 5.01 Å². The van der Waals surface area contributed by atoms with Crippen LogP contribution in [0.4, 0.5) is 17.1 Å². The van der Waals surface area contributed by atoms with Gasteiger partial charge in [-0.3, -0.25) is 5.41 Å². The highest BCUT2D eigenvalue weighted by molar-refractivity contribution is 6.63. The first-order valence-electron chi connectivity index (χ1n) is 8.04. The maximum absolute atomic E-state index is 8.89. The third kappa shape index (κ3) is 3.81. The van der Waals surface area contributed by atoms with Gasteiger partial charge in [0.15, 0.2) is 5.84 Å². The van der Waals surface area contributed by atoms with E-state index in [0.29, 0.717) is 35.1 Å². The molecule has 1 aliphatic rings. The monoisotopic (exact) mass is 352 g/mol. The van der Waals surface area contributed by atoms with Gasteiger partial charge in [0.2, 0.25) is 0 Å². The quantitative estimate of drug-likeness (QED) is 0.588. The van der Waals surface area contributed by atoms with E-state index in [1.54, 1.807) is 17.1 Å². The van der Waals surface area contributed by atoms with Crippen LogP contribution in [0.1, 0.15) is 5.56 Å². The molecule has 3 rings (SSSR count). The highest BCUT2D eigenvalue weighted by atomic mass is 16.5. The number of benzene rings is 2. The van der Waals surface area contributed by atoms with E-state index in [2.05, 4.69) is 10.1 Å². The number of nitrogens with zero attached hydrogens (tertiary/aromatic N) is 3. The molecule has 0 saturated heterocycles. The Kier molecular flexibility index (Phi) is 5.14. The molecule has 0 unspecified atom stereocenters. The van der Waals surface area contributed by atoms with E-state index in [1.165, 1.54) is 6.21 Å². The van der Waals surface area contributed by atoms with Crippen LogP contribution in [-0.2, 0) is 6.54 Å². The first kappa shape index (κ1) is 17.4. The van der Waals surface area contributed by atoms with Gasteiger partial charge in [0.25, 0.3) is 0 Å². The third-order valence-electron chi connectivity index (χ3n) is 3.74. The van der Waals surface area contributed by atoms with Gasteiger partial charge < -0.3 is 21.3 Å². The summed E-state index contributed by atoms with van der Waals surface area (Å²) >= 11 is 0. The Hall–Kier alpha value is -3.39. The molecule has 2 aromatic carbocycles. The summed E-state index contributed by atoms with van der Waals surface area (Å²) in [5, 5.41) is 23.0. The van der Waals surface area contributed by atoms with Crippen molar-refractivity contribution in [2.24, 2.45) is 10.1 Å². The number of hydrogen-bond acceptors (Lipinski definition) is 7. The minimum absolute atomic E-state index is 0.117. The largest absolute Gasteiger partial charge is 0.489 e. The number of aliphatic imine (C=N–C) groups is 1. The van der Waals surface area contributed by atoms with Crippen molar-refractivity contribution in [1.29, 1.82) is 5.41 Å². The zero-order valence-corrected chi connectivity index (χ0v) is 14.1. The van der Waals surface area contributed by atoms with Gasteiger partial charge in [0.05, 0.1) is 36.4 Å². The van der Waals surface area contributed by atoms with E-state index in [9.17, 15) is 0 Å². The highest BCUT2D eigenvalue weighted by Crippen LogP contribution is 2.33. The second kappa shape index (κ2) is 7.66. The van der Waals surface area contributed by atoms with Crippen LogP contribution in [0.3, 0.4) is 0 Å². The number of ether oxygens (including phenoxy) is 1. The van der Waals surface area contributed by atoms with Crippen LogP contribution in [0.15, 0.2) is 52.6 Å². The molecule has 6 N–H and O–H groups in total. The molecule has 8 nitrogen and oxygen atoms in total. The molecule has 134 valence electrons. The van der Waals surface area contributed by atoms with Crippen LogP contribution >= 0.6 is 0 Å². The molecule has 0 aliphatic carbocycles. The number of rotatable bonds is 6. The summed E-state index contributed by atoms with van der Waals surface area (Å²) in [6.07, 6.45) is 1.52. The van der Waals surface area contributed by atoms with Crippen LogP contribution < -0.4 is 16.2 Å². The van der Waals surface area contributed by atoms with Crippen molar-refractivity contribution < 1.29 is 9.84 Å². The molecule has 26 heavy (non-hydrogen) atoms. The van der Waals surface area contributed by atoms with Crippen molar-refractivity contribution >= 4 is 34.8 Å². The summed E-state index contributed by atoms with van der Waals surface area (Å²) in [5.41, 5.74) is 14.4. The molecule has 2 aromatic rings. The van der Waals surface area contributed by atoms with Crippen molar-refractivity contribution in [3.63, 3.8) is 0 Å². The lowest BCUT2D eigenvalue weighted by atomic mass is 10.2. The van der Waals surface area contributed by atoms with Gasteiger partial charge in [0, 0.05) is 6.07 Å². The minimum atomic E-state index is -0.126. The fourth-order valence-corrected chi connectivity index (χ4v) is 2.44. The van der Waals surface area contributed by atoms with E-state index in [4.69, 9.17) is 26.7 Å². The van der Waals surface area contributed by atoms with Gasteiger partial charge in [0.1, 0.15) is 18.1 Å². The van der Waals surface area contributed by atoms with Crippen molar-refractivity contribution in [2.75, 3.05) is 24.7 Å². The molecular formula is C18H20N6O2. The molecule has 0 saturated carbocycles. The maximum Gasteiger partial charge on any atom is 0.169 e. The fraction of sp³-hybridized carbons (Fsp3) is 0.167. The zero-order valence-electron chi connectivity index (χ0n) is 14.1. The molecule has 1 aliphatic heterocycles. The maximum atomic E-state index is 8.89. The van der Waals surface area contributed by atoms with Crippen LogP contribution in [-0.4, -0.2) is 41.1 Å². The Balaban J connectivity index is 1.80. The number of anilines is 2. The number of hydrazone groups is 1. The molecular weight excluding hydrogens is 332 g/mol. The lowest BCUT2D eigenvalue weighted by molar-refractivity contribution is 0.202. The number of nitrogens with one attached hydrogen (secondary N) is 1. The standard InChI is InChI=1S/C18H20N6O2/c19-13-8-14(20)17(26-7-6-25)9-15(13)23-16-10-22-24(18(16)21)11-12-4-2-1-3-5-12/h1-5,8-10,21,25H,6-7,11,19-20H2. The topological polar surface area (TPSA) is 133 Å². The van der Waals surface area contributed by atoms with Crippen LogP contribution in [0.2, 0.25) is 0 Å². The lowest BCUT2D eigenvalue weighted by Crippen LogP contribution is -2.25. The van der Waals surface area contributed by atoms with Crippen LogP contribution in [0, 0.1) is 5.41 Å². The molecule has 8 heteroatoms. The second-order valence-electron chi connectivity index (χ2n) is 5.65. The number of nitrogen functional groups attached to an aromatic ring is 2. The van der Waals surface area contributed by atoms with E-state index in [0.717, 1.165) is 5.56 Å². The smallest absolute Gasteiger partial charge is 0.169 e. The SMILES string of the molecule is N=C1C(=Nc2cc(OCCO)c(N)cc2N)C=NN1Cc1ccccc1. The summed E-state index contributed by atoms with van der Waals surface area (Å²) in [7, 11) is 0. The van der Waals surface area contributed by atoms with Crippen LogP contribution in [0.5, 0.6) is 5.75 Å². The molecule has 0 fully saturated rings.